The molecule has 6 heteroatoms. The molecule has 0 bridgehead atoms. The van der Waals surface area contributed by atoms with E-state index >= 15 is 0 Å². The standard InChI is InChI=1S/C8H4BrFN2O2/c9-5-1-4(3-11)2-6(7(5)10)12-8(13)14/h1-2,12H,(H,13,14). The van der Waals surface area contributed by atoms with E-state index in [9.17, 15) is 9.18 Å². The molecule has 0 saturated carbocycles. The van der Waals surface area contributed by atoms with Crippen LogP contribution in [0.1, 0.15) is 5.56 Å². The van der Waals surface area contributed by atoms with Crippen molar-refractivity contribution < 1.29 is 14.3 Å². The van der Waals surface area contributed by atoms with Crippen molar-refractivity contribution in [1.82, 2.24) is 0 Å². The second-order valence-electron chi connectivity index (χ2n) is 2.36. The Hall–Kier alpha value is -1.61. The smallest absolute Gasteiger partial charge is 0.409 e. The maximum Gasteiger partial charge on any atom is 0.409 e. The summed E-state index contributed by atoms with van der Waals surface area (Å²) >= 11 is 2.87. The Balaban J connectivity index is 3.21. The average Bonchev–Trinajstić information content (AvgIpc) is 2.11. The highest BCUT2D eigenvalue weighted by Crippen LogP contribution is 2.24. The molecular formula is C8H4BrFN2O2. The van der Waals surface area contributed by atoms with E-state index in [-0.39, 0.29) is 15.7 Å². The van der Waals surface area contributed by atoms with Crippen molar-refractivity contribution in [1.29, 1.82) is 5.26 Å². The summed E-state index contributed by atoms with van der Waals surface area (Å²) in [5.41, 5.74) is -0.0783. The van der Waals surface area contributed by atoms with E-state index in [1.165, 1.54) is 6.07 Å². The van der Waals surface area contributed by atoms with Gasteiger partial charge in [0.1, 0.15) is 0 Å². The van der Waals surface area contributed by atoms with Gasteiger partial charge in [0, 0.05) is 0 Å². The Morgan fingerprint density at radius 3 is 2.79 bits per heavy atom. The van der Waals surface area contributed by atoms with E-state index in [1.807, 2.05) is 5.32 Å². The van der Waals surface area contributed by atoms with Crippen molar-refractivity contribution in [3.63, 3.8) is 0 Å². The zero-order chi connectivity index (χ0) is 10.7. The van der Waals surface area contributed by atoms with Crippen LogP contribution in [0.3, 0.4) is 0 Å². The number of hydrogen-bond donors (Lipinski definition) is 2. The summed E-state index contributed by atoms with van der Waals surface area (Å²) in [4.78, 5) is 10.3. The predicted octanol–water partition coefficient (Wildman–Crippen LogP) is 2.55. The number of nitrogens with zero attached hydrogens (tertiary/aromatic N) is 1. The van der Waals surface area contributed by atoms with Crippen molar-refractivity contribution in [2.75, 3.05) is 5.32 Å². The largest absolute Gasteiger partial charge is 0.465 e. The summed E-state index contributed by atoms with van der Waals surface area (Å²) in [6.07, 6.45) is -1.38. The Kier molecular flexibility index (Phi) is 3.04. The van der Waals surface area contributed by atoms with E-state index in [0.717, 1.165) is 6.07 Å². The molecule has 0 aliphatic carbocycles. The van der Waals surface area contributed by atoms with E-state index in [4.69, 9.17) is 10.4 Å². The van der Waals surface area contributed by atoms with Crippen LogP contribution in [0.2, 0.25) is 0 Å². The number of amides is 1. The molecule has 2 N–H and O–H groups in total. The van der Waals surface area contributed by atoms with E-state index in [1.54, 1.807) is 6.07 Å². The van der Waals surface area contributed by atoms with E-state index < -0.39 is 11.9 Å². The van der Waals surface area contributed by atoms with Crippen molar-refractivity contribution in [3.8, 4) is 6.07 Å². The van der Waals surface area contributed by atoms with Gasteiger partial charge in [-0.25, -0.2) is 9.18 Å². The molecule has 4 nitrogen and oxygen atoms in total. The first-order valence-electron chi connectivity index (χ1n) is 3.43. The summed E-state index contributed by atoms with van der Waals surface area (Å²) in [5.74, 6) is -0.744. The summed E-state index contributed by atoms with van der Waals surface area (Å²) in [7, 11) is 0. The molecular weight excluding hydrogens is 255 g/mol. The predicted molar refractivity (Wildman–Crippen MR) is 50.5 cm³/mol. The average molecular weight is 259 g/mol. The van der Waals surface area contributed by atoms with Crippen LogP contribution in [0, 0.1) is 17.1 Å². The first-order valence-corrected chi connectivity index (χ1v) is 4.23. The molecule has 0 spiro atoms. The van der Waals surface area contributed by atoms with Crippen LogP contribution in [-0.4, -0.2) is 11.2 Å². The summed E-state index contributed by atoms with van der Waals surface area (Å²) < 4.78 is 13.2. The van der Waals surface area contributed by atoms with Gasteiger partial charge in [-0.3, -0.25) is 5.32 Å². The molecule has 1 rings (SSSR count). The number of carbonyl (C=O) groups is 1. The number of rotatable bonds is 1. The van der Waals surface area contributed by atoms with Crippen molar-refractivity contribution in [2.45, 2.75) is 0 Å². The monoisotopic (exact) mass is 258 g/mol. The Morgan fingerprint density at radius 1 is 1.64 bits per heavy atom. The number of anilines is 1. The minimum atomic E-state index is -1.38. The molecule has 0 radical (unpaired) electrons. The quantitative estimate of drug-likeness (QED) is 0.813. The highest BCUT2D eigenvalue weighted by atomic mass is 79.9. The van der Waals surface area contributed by atoms with Gasteiger partial charge >= 0.3 is 6.09 Å². The number of nitriles is 1. The van der Waals surface area contributed by atoms with Gasteiger partial charge in [0.05, 0.1) is 21.8 Å². The topological polar surface area (TPSA) is 73.1 Å². The number of hydrogen-bond acceptors (Lipinski definition) is 2. The Labute approximate surface area is 87.1 Å². The lowest BCUT2D eigenvalue weighted by molar-refractivity contribution is 0.209. The molecule has 0 aromatic heterocycles. The Morgan fingerprint density at radius 2 is 2.29 bits per heavy atom. The van der Waals surface area contributed by atoms with Crippen molar-refractivity contribution in [2.24, 2.45) is 0 Å². The van der Waals surface area contributed by atoms with E-state index in [2.05, 4.69) is 15.9 Å². The first kappa shape index (κ1) is 10.5. The zero-order valence-electron chi connectivity index (χ0n) is 6.71. The van der Waals surface area contributed by atoms with Gasteiger partial charge in [0.2, 0.25) is 0 Å². The maximum atomic E-state index is 13.2. The number of carboxylic acid groups (broad SMARTS) is 1. The highest BCUT2D eigenvalue weighted by molar-refractivity contribution is 9.10. The normalized spacial score (nSPS) is 9.21. The lowest BCUT2D eigenvalue weighted by atomic mass is 10.2. The molecule has 72 valence electrons. The molecule has 0 heterocycles. The molecule has 1 aromatic rings. The molecule has 0 saturated heterocycles. The minimum absolute atomic E-state index is 0.0419. The lowest BCUT2D eigenvalue weighted by Crippen LogP contribution is -2.09. The van der Waals surface area contributed by atoms with Gasteiger partial charge in [-0.1, -0.05) is 0 Å². The molecule has 0 atom stereocenters. The third-order valence-electron chi connectivity index (χ3n) is 1.40. The number of halogens is 2. The highest BCUT2D eigenvalue weighted by Gasteiger charge is 2.10. The van der Waals surface area contributed by atoms with Crippen LogP contribution < -0.4 is 5.32 Å². The first-order chi connectivity index (χ1) is 6.54. The molecule has 1 aromatic carbocycles. The molecule has 0 aliphatic heterocycles. The van der Waals surface area contributed by atoms with Gasteiger partial charge in [0.15, 0.2) is 5.82 Å². The van der Waals surface area contributed by atoms with Gasteiger partial charge in [0.25, 0.3) is 0 Å². The van der Waals surface area contributed by atoms with Crippen LogP contribution in [0.15, 0.2) is 16.6 Å². The van der Waals surface area contributed by atoms with E-state index in [0.29, 0.717) is 0 Å². The van der Waals surface area contributed by atoms with Crippen LogP contribution in [-0.2, 0) is 0 Å². The van der Waals surface area contributed by atoms with Crippen LogP contribution >= 0.6 is 15.9 Å². The third-order valence-corrected chi connectivity index (χ3v) is 1.98. The van der Waals surface area contributed by atoms with Gasteiger partial charge in [-0.15, -0.1) is 0 Å². The molecule has 14 heavy (non-hydrogen) atoms. The molecule has 0 unspecified atom stereocenters. The number of benzene rings is 1. The van der Waals surface area contributed by atoms with Crippen LogP contribution in [0.25, 0.3) is 0 Å². The summed E-state index contributed by atoms with van der Waals surface area (Å²) in [6, 6.07) is 4.16. The van der Waals surface area contributed by atoms with Gasteiger partial charge < -0.3 is 5.11 Å². The van der Waals surface area contributed by atoms with Gasteiger partial charge in [-0.2, -0.15) is 5.26 Å². The van der Waals surface area contributed by atoms with Crippen LogP contribution in [0.4, 0.5) is 14.9 Å². The molecule has 0 aliphatic rings. The third kappa shape index (κ3) is 2.20. The SMILES string of the molecule is N#Cc1cc(Br)c(F)c(NC(=O)O)c1. The van der Waals surface area contributed by atoms with Crippen molar-refractivity contribution >= 4 is 27.7 Å². The van der Waals surface area contributed by atoms with Crippen LogP contribution in [0.5, 0.6) is 0 Å². The maximum absolute atomic E-state index is 13.2. The fourth-order valence-electron chi connectivity index (χ4n) is 0.860. The minimum Gasteiger partial charge on any atom is -0.465 e. The molecule has 1 amide bonds. The zero-order valence-corrected chi connectivity index (χ0v) is 8.30. The second-order valence-corrected chi connectivity index (χ2v) is 3.22. The second kappa shape index (κ2) is 4.07. The molecule has 0 fully saturated rings. The Bertz CT molecular complexity index is 428. The fourth-order valence-corrected chi connectivity index (χ4v) is 1.32. The summed E-state index contributed by atoms with van der Waals surface area (Å²) in [5, 5.41) is 18.8. The van der Waals surface area contributed by atoms with Crippen molar-refractivity contribution in [3.05, 3.63) is 28.0 Å². The fraction of sp³-hybridized carbons (Fsp3) is 0. The van der Waals surface area contributed by atoms with Gasteiger partial charge in [-0.05, 0) is 28.1 Å². The lowest BCUT2D eigenvalue weighted by Gasteiger charge is -2.04. The number of nitrogens with one attached hydrogen (secondary N) is 1. The summed E-state index contributed by atoms with van der Waals surface area (Å²) in [6.45, 7) is 0.